The third kappa shape index (κ3) is 4.26. The van der Waals surface area contributed by atoms with E-state index >= 15 is 0 Å². The zero-order valence-electron chi connectivity index (χ0n) is 15.1. The maximum Gasteiger partial charge on any atom is 0.263 e. The summed E-state index contributed by atoms with van der Waals surface area (Å²) >= 11 is 7.24. The van der Waals surface area contributed by atoms with Crippen molar-refractivity contribution in [3.05, 3.63) is 87.2 Å². The molecule has 1 N–H and O–H groups in total. The molecular formula is C21H15ClN4O2S. The van der Waals surface area contributed by atoms with Crippen LogP contribution in [0, 0.1) is 0 Å². The van der Waals surface area contributed by atoms with Crippen LogP contribution in [0.15, 0.2) is 76.2 Å². The van der Waals surface area contributed by atoms with Crippen LogP contribution in [0.25, 0.3) is 21.3 Å². The maximum absolute atomic E-state index is 12.9. The fourth-order valence-corrected chi connectivity index (χ4v) is 3.86. The van der Waals surface area contributed by atoms with Gasteiger partial charge in [-0.25, -0.2) is 10.4 Å². The lowest BCUT2D eigenvalue weighted by molar-refractivity contribution is -0.121. The number of nitrogens with zero attached hydrogens (tertiary/aromatic N) is 3. The maximum atomic E-state index is 12.9. The molecule has 2 heterocycles. The van der Waals surface area contributed by atoms with Gasteiger partial charge in [-0.05, 0) is 23.3 Å². The van der Waals surface area contributed by atoms with E-state index in [1.165, 1.54) is 28.4 Å². The van der Waals surface area contributed by atoms with Crippen LogP contribution < -0.4 is 11.0 Å². The number of carbonyl (C=O) groups excluding carboxylic acids is 1. The van der Waals surface area contributed by atoms with Gasteiger partial charge in [-0.15, -0.1) is 11.3 Å². The van der Waals surface area contributed by atoms with E-state index in [0.29, 0.717) is 15.2 Å². The smallest absolute Gasteiger partial charge is 0.263 e. The summed E-state index contributed by atoms with van der Waals surface area (Å²) in [6, 6.07) is 16.7. The third-order valence-corrected chi connectivity index (χ3v) is 5.37. The van der Waals surface area contributed by atoms with Crippen LogP contribution in [0.3, 0.4) is 0 Å². The van der Waals surface area contributed by atoms with Crippen LogP contribution in [0.1, 0.15) is 5.56 Å². The summed E-state index contributed by atoms with van der Waals surface area (Å²) in [5, 5.41) is 6.96. The molecule has 0 radical (unpaired) electrons. The first-order valence-corrected chi connectivity index (χ1v) is 9.97. The van der Waals surface area contributed by atoms with Gasteiger partial charge in [0.05, 0.1) is 17.9 Å². The SMILES string of the molecule is O=C(Cn1cnc2scc(-c3ccccc3)c2c1=O)N/N=C\c1ccc(Cl)cc1. The van der Waals surface area contributed by atoms with E-state index in [0.717, 1.165) is 16.7 Å². The van der Waals surface area contributed by atoms with Gasteiger partial charge in [0.2, 0.25) is 0 Å². The topological polar surface area (TPSA) is 76.3 Å². The van der Waals surface area contributed by atoms with Gasteiger partial charge < -0.3 is 0 Å². The van der Waals surface area contributed by atoms with Crippen molar-refractivity contribution in [2.45, 2.75) is 6.54 Å². The van der Waals surface area contributed by atoms with Crippen LogP contribution in [0.4, 0.5) is 0 Å². The minimum absolute atomic E-state index is 0.177. The molecule has 144 valence electrons. The van der Waals surface area contributed by atoms with Crippen molar-refractivity contribution >= 4 is 45.3 Å². The number of thiophene rings is 1. The highest BCUT2D eigenvalue weighted by molar-refractivity contribution is 7.17. The number of hydrazone groups is 1. The van der Waals surface area contributed by atoms with E-state index in [1.807, 2.05) is 35.7 Å². The molecule has 2 aromatic carbocycles. The zero-order chi connectivity index (χ0) is 20.2. The Hall–Kier alpha value is -3.29. The highest BCUT2D eigenvalue weighted by atomic mass is 35.5. The van der Waals surface area contributed by atoms with Crippen LogP contribution >= 0.6 is 22.9 Å². The Bertz CT molecular complexity index is 1250. The predicted molar refractivity (Wildman–Crippen MR) is 117 cm³/mol. The number of carbonyl (C=O) groups is 1. The summed E-state index contributed by atoms with van der Waals surface area (Å²) in [6.45, 7) is -0.177. The molecular weight excluding hydrogens is 408 g/mol. The number of amides is 1. The van der Waals surface area contributed by atoms with Crippen molar-refractivity contribution in [2.75, 3.05) is 0 Å². The first-order valence-electron chi connectivity index (χ1n) is 8.71. The van der Waals surface area contributed by atoms with Crippen molar-refractivity contribution in [3.8, 4) is 11.1 Å². The summed E-state index contributed by atoms with van der Waals surface area (Å²) in [4.78, 5) is 30.1. The standard InChI is InChI=1S/C21H15ClN4O2S/c22-16-8-6-14(7-9-16)10-24-25-18(27)11-26-13-23-20-19(21(26)28)17(12-29-20)15-4-2-1-3-5-15/h1-10,12-13H,11H2,(H,25,27)/b24-10-. The Morgan fingerprint density at radius 1 is 1.17 bits per heavy atom. The summed E-state index contributed by atoms with van der Waals surface area (Å²) in [7, 11) is 0. The molecule has 0 bridgehead atoms. The van der Waals surface area contributed by atoms with E-state index in [9.17, 15) is 9.59 Å². The van der Waals surface area contributed by atoms with E-state index in [2.05, 4.69) is 15.5 Å². The molecule has 0 fully saturated rings. The average molecular weight is 423 g/mol. The molecule has 0 atom stereocenters. The lowest BCUT2D eigenvalue weighted by Crippen LogP contribution is -2.30. The van der Waals surface area contributed by atoms with Gasteiger partial charge in [0, 0.05) is 16.0 Å². The summed E-state index contributed by atoms with van der Waals surface area (Å²) < 4.78 is 1.29. The molecule has 6 nitrogen and oxygen atoms in total. The van der Waals surface area contributed by atoms with Crippen molar-refractivity contribution in [1.82, 2.24) is 15.0 Å². The minimum atomic E-state index is -0.421. The number of halogens is 1. The van der Waals surface area contributed by atoms with Gasteiger partial charge in [-0.3, -0.25) is 14.2 Å². The van der Waals surface area contributed by atoms with Gasteiger partial charge in [0.15, 0.2) is 0 Å². The molecule has 4 rings (SSSR count). The first kappa shape index (κ1) is 19.0. The molecule has 0 unspecified atom stereocenters. The van der Waals surface area contributed by atoms with Gasteiger partial charge in [0.1, 0.15) is 11.4 Å². The summed E-state index contributed by atoms with van der Waals surface area (Å²) in [5.74, 6) is -0.421. The van der Waals surface area contributed by atoms with Crippen LogP contribution in [-0.2, 0) is 11.3 Å². The lowest BCUT2D eigenvalue weighted by atomic mass is 10.1. The fraction of sp³-hybridized carbons (Fsp3) is 0.0476. The Kier molecular flexibility index (Phi) is 5.50. The molecule has 4 aromatic rings. The normalized spacial score (nSPS) is 11.2. The second-order valence-corrected chi connectivity index (χ2v) is 7.51. The average Bonchev–Trinajstić information content (AvgIpc) is 3.17. The monoisotopic (exact) mass is 422 g/mol. The number of hydrogen-bond acceptors (Lipinski definition) is 5. The van der Waals surface area contributed by atoms with Crippen LogP contribution in [0.2, 0.25) is 5.02 Å². The zero-order valence-corrected chi connectivity index (χ0v) is 16.7. The van der Waals surface area contributed by atoms with Gasteiger partial charge in [-0.2, -0.15) is 5.10 Å². The van der Waals surface area contributed by atoms with Crippen LogP contribution in [-0.4, -0.2) is 21.7 Å². The minimum Gasteiger partial charge on any atom is -0.289 e. The van der Waals surface area contributed by atoms with Crippen molar-refractivity contribution in [1.29, 1.82) is 0 Å². The van der Waals surface area contributed by atoms with E-state index in [-0.39, 0.29) is 12.1 Å². The lowest BCUT2D eigenvalue weighted by Gasteiger charge is -2.05. The number of aromatic nitrogens is 2. The Labute approximate surface area is 175 Å². The molecule has 1 amide bonds. The molecule has 0 aliphatic carbocycles. The highest BCUT2D eigenvalue weighted by Gasteiger charge is 2.14. The third-order valence-electron chi connectivity index (χ3n) is 4.23. The van der Waals surface area contributed by atoms with Crippen molar-refractivity contribution < 1.29 is 4.79 Å². The summed E-state index contributed by atoms with van der Waals surface area (Å²) in [6.07, 6.45) is 2.89. The number of hydrogen-bond donors (Lipinski definition) is 1. The molecule has 0 saturated heterocycles. The van der Waals surface area contributed by atoms with E-state index in [1.54, 1.807) is 24.3 Å². The Balaban J connectivity index is 1.53. The fourth-order valence-electron chi connectivity index (χ4n) is 2.83. The number of rotatable bonds is 5. The molecule has 0 aliphatic heterocycles. The molecule has 8 heteroatoms. The quantitative estimate of drug-likeness (QED) is 0.391. The molecule has 0 aliphatic rings. The molecule has 0 saturated carbocycles. The largest absolute Gasteiger partial charge is 0.289 e. The molecule has 0 spiro atoms. The number of fused-ring (bicyclic) bond motifs is 1. The molecule has 2 aromatic heterocycles. The van der Waals surface area contributed by atoms with Gasteiger partial charge >= 0.3 is 0 Å². The van der Waals surface area contributed by atoms with E-state index in [4.69, 9.17) is 11.6 Å². The second-order valence-electron chi connectivity index (χ2n) is 6.22. The van der Waals surface area contributed by atoms with Gasteiger partial charge in [-0.1, -0.05) is 54.1 Å². The molecule has 29 heavy (non-hydrogen) atoms. The highest BCUT2D eigenvalue weighted by Crippen LogP contribution is 2.30. The van der Waals surface area contributed by atoms with Crippen LogP contribution in [0.5, 0.6) is 0 Å². The number of nitrogens with one attached hydrogen (secondary N) is 1. The van der Waals surface area contributed by atoms with Crippen molar-refractivity contribution in [3.63, 3.8) is 0 Å². The Morgan fingerprint density at radius 3 is 2.69 bits per heavy atom. The summed E-state index contributed by atoms with van der Waals surface area (Å²) in [5.41, 5.74) is 4.71. The second kappa shape index (κ2) is 8.38. The van der Waals surface area contributed by atoms with E-state index < -0.39 is 5.91 Å². The predicted octanol–water partition coefficient (Wildman–Crippen LogP) is 3.93. The van der Waals surface area contributed by atoms with Crippen molar-refractivity contribution in [2.24, 2.45) is 5.10 Å². The first-order chi connectivity index (χ1) is 14.1. The number of benzene rings is 2. The Morgan fingerprint density at radius 2 is 1.93 bits per heavy atom. The van der Waals surface area contributed by atoms with Gasteiger partial charge in [0.25, 0.3) is 11.5 Å².